The maximum absolute atomic E-state index is 13.6. The highest BCUT2D eigenvalue weighted by atomic mass is 35.5. The van der Waals surface area contributed by atoms with Crippen LogP contribution in [0.25, 0.3) is 10.1 Å². The molecule has 0 spiro atoms. The summed E-state index contributed by atoms with van der Waals surface area (Å²) in [5, 5.41) is 3.67. The Bertz CT molecular complexity index is 862. The molecular weight excluding hydrogens is 325 g/mol. The third-order valence-corrected chi connectivity index (χ3v) is 4.82. The van der Waals surface area contributed by atoms with Crippen LogP contribution >= 0.6 is 22.9 Å². The molecule has 2 aromatic carbocycles. The van der Waals surface area contributed by atoms with Gasteiger partial charge >= 0.3 is 0 Å². The van der Waals surface area contributed by atoms with Crippen LogP contribution in [0, 0.1) is 5.82 Å². The smallest absolute Gasteiger partial charge is 0.267 e. The summed E-state index contributed by atoms with van der Waals surface area (Å²) in [7, 11) is 1.57. The van der Waals surface area contributed by atoms with Gasteiger partial charge in [0.2, 0.25) is 0 Å². The summed E-state index contributed by atoms with van der Waals surface area (Å²) in [5.74, 6) is -0.239. The van der Waals surface area contributed by atoms with Crippen molar-refractivity contribution in [1.82, 2.24) is 0 Å². The Hall–Kier alpha value is -2.11. The Kier molecular flexibility index (Phi) is 4.00. The zero-order valence-electron chi connectivity index (χ0n) is 11.5. The number of ether oxygens (including phenoxy) is 1. The van der Waals surface area contributed by atoms with E-state index in [2.05, 4.69) is 5.32 Å². The molecule has 3 nitrogen and oxygen atoms in total. The number of methoxy groups -OCH3 is 1. The first-order valence-electron chi connectivity index (χ1n) is 6.42. The number of halogens is 2. The van der Waals surface area contributed by atoms with E-state index in [0.29, 0.717) is 15.6 Å². The minimum Gasteiger partial charge on any atom is -0.497 e. The van der Waals surface area contributed by atoms with Crippen molar-refractivity contribution in [2.45, 2.75) is 0 Å². The highest BCUT2D eigenvalue weighted by Crippen LogP contribution is 2.37. The molecule has 112 valence electrons. The van der Waals surface area contributed by atoms with Gasteiger partial charge in [0.15, 0.2) is 0 Å². The summed E-state index contributed by atoms with van der Waals surface area (Å²) in [6.45, 7) is 0. The van der Waals surface area contributed by atoms with Crippen molar-refractivity contribution in [3.05, 3.63) is 58.2 Å². The molecule has 0 bridgehead atoms. The van der Waals surface area contributed by atoms with Gasteiger partial charge in [-0.15, -0.1) is 11.3 Å². The third-order valence-electron chi connectivity index (χ3n) is 3.16. The van der Waals surface area contributed by atoms with Crippen molar-refractivity contribution in [3.63, 3.8) is 0 Å². The van der Waals surface area contributed by atoms with Crippen LogP contribution in [0.4, 0.5) is 10.1 Å². The summed E-state index contributed by atoms with van der Waals surface area (Å²) in [6, 6.07) is 11.4. The first kappa shape index (κ1) is 14.8. The number of hydrogen-bond acceptors (Lipinski definition) is 3. The van der Waals surface area contributed by atoms with Gasteiger partial charge in [0, 0.05) is 10.1 Å². The van der Waals surface area contributed by atoms with Gasteiger partial charge in [-0.25, -0.2) is 4.39 Å². The summed E-state index contributed by atoms with van der Waals surface area (Å²) in [6.07, 6.45) is 0. The number of benzene rings is 2. The molecule has 3 aromatic rings. The number of thiophene rings is 1. The highest BCUT2D eigenvalue weighted by molar-refractivity contribution is 7.21. The summed E-state index contributed by atoms with van der Waals surface area (Å²) in [4.78, 5) is 12.7. The molecule has 1 heterocycles. The quantitative estimate of drug-likeness (QED) is 0.735. The van der Waals surface area contributed by atoms with Crippen LogP contribution in [0.1, 0.15) is 9.67 Å². The molecule has 0 fully saturated rings. The molecule has 22 heavy (non-hydrogen) atoms. The SMILES string of the molecule is COc1ccc2c(Cl)c(C(=O)Nc3ccccc3F)sc2c1. The number of carbonyl (C=O) groups excluding carboxylic acids is 1. The first-order chi connectivity index (χ1) is 10.6. The first-order valence-corrected chi connectivity index (χ1v) is 7.61. The Morgan fingerprint density at radius 3 is 2.77 bits per heavy atom. The van der Waals surface area contributed by atoms with Gasteiger partial charge in [-0.1, -0.05) is 23.7 Å². The average Bonchev–Trinajstić information content (AvgIpc) is 2.86. The average molecular weight is 336 g/mol. The van der Waals surface area contributed by atoms with Crippen LogP contribution in [0.3, 0.4) is 0 Å². The van der Waals surface area contributed by atoms with E-state index in [1.807, 2.05) is 6.07 Å². The van der Waals surface area contributed by atoms with E-state index in [-0.39, 0.29) is 5.69 Å². The molecule has 0 radical (unpaired) electrons. The summed E-state index contributed by atoms with van der Waals surface area (Å²) < 4.78 is 19.6. The van der Waals surface area contributed by atoms with Gasteiger partial charge in [0.1, 0.15) is 16.4 Å². The maximum atomic E-state index is 13.6. The number of anilines is 1. The Balaban J connectivity index is 1.97. The lowest BCUT2D eigenvalue weighted by atomic mass is 10.2. The number of amides is 1. The van der Waals surface area contributed by atoms with Gasteiger partial charge in [-0.2, -0.15) is 0 Å². The number of fused-ring (bicyclic) bond motifs is 1. The Morgan fingerprint density at radius 2 is 2.05 bits per heavy atom. The molecule has 0 unspecified atom stereocenters. The van der Waals surface area contributed by atoms with Gasteiger partial charge in [0.25, 0.3) is 5.91 Å². The number of nitrogens with one attached hydrogen (secondary N) is 1. The van der Waals surface area contributed by atoms with Crippen LogP contribution < -0.4 is 10.1 Å². The van der Waals surface area contributed by atoms with Crippen LogP contribution in [0.5, 0.6) is 5.75 Å². The highest BCUT2D eigenvalue weighted by Gasteiger charge is 2.18. The molecule has 0 atom stereocenters. The summed E-state index contributed by atoms with van der Waals surface area (Å²) >= 11 is 7.51. The van der Waals surface area contributed by atoms with Gasteiger partial charge < -0.3 is 10.1 Å². The van der Waals surface area contributed by atoms with E-state index in [9.17, 15) is 9.18 Å². The lowest BCUT2D eigenvalue weighted by Gasteiger charge is -2.04. The molecule has 0 aliphatic rings. The molecule has 0 aliphatic carbocycles. The Morgan fingerprint density at radius 1 is 1.27 bits per heavy atom. The summed E-state index contributed by atoms with van der Waals surface area (Å²) in [5.41, 5.74) is 0.124. The molecule has 3 rings (SSSR count). The fourth-order valence-corrected chi connectivity index (χ4v) is 3.50. The standard InChI is InChI=1S/C16H11ClFNO2S/c1-21-9-6-7-10-13(8-9)22-15(14(10)17)16(20)19-12-5-3-2-4-11(12)18/h2-8H,1H3,(H,19,20). The van der Waals surface area contributed by atoms with E-state index < -0.39 is 11.7 Å². The molecular formula is C16H11ClFNO2S. The molecule has 0 saturated heterocycles. The molecule has 1 N–H and O–H groups in total. The van der Waals surface area contributed by atoms with Crippen LogP contribution in [-0.2, 0) is 0 Å². The second kappa shape index (κ2) is 5.94. The number of para-hydroxylation sites is 1. The van der Waals surface area contributed by atoms with Gasteiger partial charge in [-0.05, 0) is 30.3 Å². The fourth-order valence-electron chi connectivity index (χ4n) is 2.06. The van der Waals surface area contributed by atoms with Crippen LogP contribution in [0.15, 0.2) is 42.5 Å². The molecule has 0 aliphatic heterocycles. The molecule has 6 heteroatoms. The fraction of sp³-hybridized carbons (Fsp3) is 0.0625. The van der Waals surface area contributed by atoms with E-state index >= 15 is 0 Å². The largest absolute Gasteiger partial charge is 0.497 e. The van der Waals surface area contributed by atoms with Gasteiger partial charge in [0.05, 0.1) is 17.8 Å². The van der Waals surface area contributed by atoms with E-state index in [1.165, 1.54) is 23.5 Å². The van der Waals surface area contributed by atoms with Crippen molar-refractivity contribution in [2.24, 2.45) is 0 Å². The van der Waals surface area contributed by atoms with Crippen LogP contribution in [-0.4, -0.2) is 13.0 Å². The molecule has 1 aromatic heterocycles. The Labute approximate surface area is 135 Å². The monoisotopic (exact) mass is 335 g/mol. The second-order valence-corrected chi connectivity index (χ2v) is 5.97. The number of rotatable bonds is 3. The zero-order valence-corrected chi connectivity index (χ0v) is 13.1. The van der Waals surface area contributed by atoms with E-state index in [1.54, 1.807) is 31.4 Å². The van der Waals surface area contributed by atoms with Crippen molar-refractivity contribution >= 4 is 44.6 Å². The normalized spacial score (nSPS) is 10.7. The van der Waals surface area contributed by atoms with Gasteiger partial charge in [-0.3, -0.25) is 4.79 Å². The van der Waals surface area contributed by atoms with Crippen molar-refractivity contribution in [1.29, 1.82) is 0 Å². The predicted molar refractivity (Wildman–Crippen MR) is 87.7 cm³/mol. The zero-order chi connectivity index (χ0) is 15.7. The van der Waals surface area contributed by atoms with E-state index in [4.69, 9.17) is 16.3 Å². The minimum absolute atomic E-state index is 0.124. The van der Waals surface area contributed by atoms with E-state index in [0.717, 1.165) is 10.1 Å². The van der Waals surface area contributed by atoms with Crippen molar-refractivity contribution in [3.8, 4) is 5.75 Å². The number of carbonyl (C=O) groups is 1. The predicted octanol–water partition coefficient (Wildman–Crippen LogP) is 4.95. The lowest BCUT2D eigenvalue weighted by Crippen LogP contribution is -2.11. The number of hydrogen-bond donors (Lipinski definition) is 1. The minimum atomic E-state index is -0.491. The maximum Gasteiger partial charge on any atom is 0.267 e. The van der Waals surface area contributed by atoms with Crippen molar-refractivity contribution < 1.29 is 13.9 Å². The molecule has 1 amide bonds. The molecule has 0 saturated carbocycles. The van der Waals surface area contributed by atoms with Crippen molar-refractivity contribution in [2.75, 3.05) is 12.4 Å². The topological polar surface area (TPSA) is 38.3 Å². The lowest BCUT2D eigenvalue weighted by molar-refractivity contribution is 0.103. The third kappa shape index (κ3) is 2.65. The van der Waals surface area contributed by atoms with Crippen LogP contribution in [0.2, 0.25) is 5.02 Å². The second-order valence-electron chi connectivity index (χ2n) is 4.54.